The fraction of sp³-hybridized carbons (Fsp3) is 0.120. The average molecular weight is 477 g/mol. The number of halogens is 1. The molecule has 0 radical (unpaired) electrons. The summed E-state index contributed by atoms with van der Waals surface area (Å²) in [4.78, 5) is 24.5. The van der Waals surface area contributed by atoms with Crippen LogP contribution in [0.15, 0.2) is 90.1 Å². The zero-order valence-electron chi connectivity index (χ0n) is 18.1. The minimum atomic E-state index is -0.472. The van der Waals surface area contributed by atoms with Crippen molar-refractivity contribution >= 4 is 23.6 Å². The summed E-state index contributed by atoms with van der Waals surface area (Å²) < 4.78 is 21.3. The molecule has 4 rings (SSSR count). The van der Waals surface area contributed by atoms with Gasteiger partial charge in [0.1, 0.15) is 6.61 Å². The normalized spacial score (nSPS) is 10.6. The van der Waals surface area contributed by atoms with Crippen LogP contribution in [0.25, 0.3) is 5.69 Å². The van der Waals surface area contributed by atoms with Crippen molar-refractivity contribution in [2.75, 3.05) is 5.75 Å². The van der Waals surface area contributed by atoms with E-state index in [4.69, 9.17) is 4.74 Å². The predicted molar refractivity (Wildman–Crippen MR) is 126 cm³/mol. The van der Waals surface area contributed by atoms with Crippen molar-refractivity contribution in [1.29, 1.82) is 0 Å². The molecule has 0 saturated heterocycles. The molecular weight excluding hydrogens is 455 g/mol. The molecule has 0 aliphatic rings. The summed E-state index contributed by atoms with van der Waals surface area (Å²) in [5.41, 5.74) is 1.59. The fourth-order valence-corrected chi connectivity index (χ4v) is 3.95. The first-order chi connectivity index (χ1) is 16.6. The first-order valence-electron chi connectivity index (χ1n) is 10.5. The molecule has 1 aromatic heterocycles. The second-order valence-electron chi connectivity index (χ2n) is 7.21. The van der Waals surface area contributed by atoms with E-state index in [0.29, 0.717) is 11.0 Å². The second-order valence-corrected chi connectivity index (χ2v) is 8.15. The Balaban J connectivity index is 1.43. The summed E-state index contributed by atoms with van der Waals surface area (Å²) in [5, 5.41) is 11.2. The Morgan fingerprint density at radius 1 is 0.882 bits per heavy atom. The highest BCUT2D eigenvalue weighted by atomic mass is 32.2. The number of rotatable bonds is 9. The van der Waals surface area contributed by atoms with Gasteiger partial charge in [0.25, 0.3) is 0 Å². The van der Waals surface area contributed by atoms with Crippen LogP contribution in [0.1, 0.15) is 11.4 Å². The molecule has 7 nitrogen and oxygen atoms in total. The Morgan fingerprint density at radius 3 is 2.29 bits per heavy atom. The van der Waals surface area contributed by atoms with Gasteiger partial charge in [-0.2, -0.15) is 0 Å². The van der Waals surface area contributed by atoms with E-state index in [2.05, 4.69) is 15.5 Å². The number of aromatic nitrogens is 3. The van der Waals surface area contributed by atoms with Crippen molar-refractivity contribution in [1.82, 2.24) is 20.1 Å². The third kappa shape index (κ3) is 6.08. The maximum Gasteiger partial charge on any atom is 0.237 e. The molecule has 0 aliphatic heterocycles. The predicted octanol–water partition coefficient (Wildman–Crippen LogP) is 3.96. The molecule has 1 heterocycles. The lowest BCUT2D eigenvalue weighted by Crippen LogP contribution is -2.33. The van der Waals surface area contributed by atoms with Gasteiger partial charge in [0.2, 0.25) is 11.8 Å². The number of nitrogens with zero attached hydrogens (tertiary/aromatic N) is 3. The van der Waals surface area contributed by atoms with Gasteiger partial charge in [-0.05, 0) is 29.8 Å². The van der Waals surface area contributed by atoms with E-state index >= 15 is 0 Å². The van der Waals surface area contributed by atoms with Crippen molar-refractivity contribution in [3.05, 3.63) is 102 Å². The molecule has 172 valence electrons. The van der Waals surface area contributed by atoms with Gasteiger partial charge in [0.15, 0.2) is 22.5 Å². The smallest absolute Gasteiger partial charge is 0.237 e. The molecule has 0 aliphatic carbocycles. The van der Waals surface area contributed by atoms with Crippen LogP contribution in [0.3, 0.4) is 0 Å². The van der Waals surface area contributed by atoms with Gasteiger partial charge in [-0.25, -0.2) is 4.39 Å². The number of benzene rings is 3. The van der Waals surface area contributed by atoms with Crippen LogP contribution in [0.2, 0.25) is 0 Å². The highest BCUT2D eigenvalue weighted by Gasteiger charge is 2.18. The van der Waals surface area contributed by atoms with Crippen molar-refractivity contribution in [2.45, 2.75) is 18.2 Å². The van der Waals surface area contributed by atoms with Gasteiger partial charge in [0, 0.05) is 5.69 Å². The number of thioether (sulfide) groups is 1. The molecular formula is C25H21FN4O3S. The van der Waals surface area contributed by atoms with Gasteiger partial charge in [-0.3, -0.25) is 19.5 Å². The number of para-hydroxylation sites is 2. The largest absolute Gasteiger partial charge is 0.483 e. The zero-order chi connectivity index (χ0) is 23.8. The number of carbonyl (C=O) groups is 2. The molecule has 34 heavy (non-hydrogen) atoms. The second kappa shape index (κ2) is 11.2. The lowest BCUT2D eigenvalue weighted by atomic mass is 10.1. The van der Waals surface area contributed by atoms with E-state index in [1.807, 2.05) is 60.7 Å². The van der Waals surface area contributed by atoms with Crippen molar-refractivity contribution < 1.29 is 18.7 Å². The van der Waals surface area contributed by atoms with E-state index in [-0.39, 0.29) is 30.4 Å². The molecule has 0 fully saturated rings. The molecule has 2 amide bonds. The van der Waals surface area contributed by atoms with E-state index in [1.165, 1.54) is 12.1 Å². The monoisotopic (exact) mass is 476 g/mol. The maximum absolute atomic E-state index is 13.9. The van der Waals surface area contributed by atoms with E-state index in [1.54, 1.807) is 16.7 Å². The number of hydrogen-bond acceptors (Lipinski definition) is 6. The quantitative estimate of drug-likeness (QED) is 0.368. The maximum atomic E-state index is 13.9. The van der Waals surface area contributed by atoms with Crippen LogP contribution in [0.5, 0.6) is 5.75 Å². The standard InChI is InChI=1S/C25H21FN4O3S/c26-20-13-7-8-14-21(20)33-16-22-28-29-25(30(22)19-11-5-2-6-12-19)34-17-24(32)27-23(31)15-18-9-3-1-4-10-18/h1-14H,15-17H2,(H,27,31,32). The fourth-order valence-electron chi connectivity index (χ4n) is 3.17. The SMILES string of the molecule is O=C(CSc1nnc(COc2ccccc2F)n1-c1ccccc1)NC(=O)Cc1ccccc1. The van der Waals surface area contributed by atoms with Gasteiger partial charge < -0.3 is 4.74 Å². The minimum absolute atomic E-state index is 0.0227. The summed E-state index contributed by atoms with van der Waals surface area (Å²) in [6, 6.07) is 24.6. The third-order valence-corrected chi connectivity index (χ3v) is 5.66. The molecule has 0 spiro atoms. The van der Waals surface area contributed by atoms with Crippen LogP contribution in [0.4, 0.5) is 4.39 Å². The first kappa shape index (κ1) is 23.2. The van der Waals surface area contributed by atoms with Crippen molar-refractivity contribution in [3.8, 4) is 11.4 Å². The summed E-state index contributed by atoms with van der Waals surface area (Å²) >= 11 is 1.14. The molecule has 3 aromatic carbocycles. The van der Waals surface area contributed by atoms with Crippen molar-refractivity contribution in [2.24, 2.45) is 0 Å². The van der Waals surface area contributed by atoms with E-state index < -0.39 is 11.7 Å². The van der Waals surface area contributed by atoms with Gasteiger partial charge in [-0.1, -0.05) is 72.4 Å². The van der Waals surface area contributed by atoms with Crippen molar-refractivity contribution in [3.63, 3.8) is 0 Å². The van der Waals surface area contributed by atoms with Gasteiger partial charge >= 0.3 is 0 Å². The highest BCUT2D eigenvalue weighted by Crippen LogP contribution is 2.23. The highest BCUT2D eigenvalue weighted by molar-refractivity contribution is 7.99. The number of nitrogens with one attached hydrogen (secondary N) is 1. The molecule has 0 unspecified atom stereocenters. The summed E-state index contributed by atoms with van der Waals surface area (Å²) in [7, 11) is 0. The Kier molecular flexibility index (Phi) is 7.67. The topological polar surface area (TPSA) is 86.1 Å². The van der Waals surface area contributed by atoms with Crippen LogP contribution in [-0.2, 0) is 22.6 Å². The van der Waals surface area contributed by atoms with Crippen LogP contribution in [-0.4, -0.2) is 32.3 Å². The molecule has 0 bridgehead atoms. The lowest BCUT2D eigenvalue weighted by Gasteiger charge is -2.11. The summed E-state index contributed by atoms with van der Waals surface area (Å²) in [6.45, 7) is -0.0227. The number of hydrogen-bond donors (Lipinski definition) is 1. The number of carbonyl (C=O) groups excluding carboxylic acids is 2. The molecule has 1 N–H and O–H groups in total. The van der Waals surface area contributed by atoms with Crippen LogP contribution < -0.4 is 10.1 Å². The Morgan fingerprint density at radius 2 is 1.56 bits per heavy atom. The average Bonchev–Trinajstić information content (AvgIpc) is 3.26. The van der Waals surface area contributed by atoms with Gasteiger partial charge in [-0.15, -0.1) is 10.2 Å². The van der Waals surface area contributed by atoms with E-state index in [9.17, 15) is 14.0 Å². The van der Waals surface area contributed by atoms with E-state index in [0.717, 1.165) is 23.0 Å². The zero-order valence-corrected chi connectivity index (χ0v) is 18.9. The lowest BCUT2D eigenvalue weighted by molar-refractivity contribution is -0.128. The molecule has 9 heteroatoms. The Labute approximate surface area is 200 Å². The number of imide groups is 1. The Hall–Kier alpha value is -3.98. The molecule has 0 atom stereocenters. The summed E-state index contributed by atoms with van der Waals surface area (Å²) in [6.07, 6.45) is 0.120. The molecule has 0 saturated carbocycles. The Bertz CT molecular complexity index is 1270. The minimum Gasteiger partial charge on any atom is -0.483 e. The first-order valence-corrected chi connectivity index (χ1v) is 11.4. The van der Waals surface area contributed by atoms with Gasteiger partial charge in [0.05, 0.1) is 12.2 Å². The summed E-state index contributed by atoms with van der Waals surface area (Å²) in [5.74, 6) is -0.759. The number of ether oxygens (including phenoxy) is 1. The van der Waals surface area contributed by atoms with Crippen LogP contribution in [0, 0.1) is 5.82 Å². The number of amides is 2. The van der Waals surface area contributed by atoms with Crippen LogP contribution >= 0.6 is 11.8 Å². The third-order valence-electron chi connectivity index (χ3n) is 4.73. The molecule has 4 aromatic rings.